The summed E-state index contributed by atoms with van der Waals surface area (Å²) in [7, 11) is 1.29. The van der Waals surface area contributed by atoms with Crippen molar-refractivity contribution < 1.29 is 14.3 Å². The zero-order chi connectivity index (χ0) is 17.7. The van der Waals surface area contributed by atoms with Gasteiger partial charge >= 0.3 is 5.97 Å². The molecule has 0 saturated heterocycles. The van der Waals surface area contributed by atoms with Crippen LogP contribution in [0.25, 0.3) is 0 Å². The maximum absolute atomic E-state index is 12.4. The van der Waals surface area contributed by atoms with Gasteiger partial charge < -0.3 is 15.4 Å². The van der Waals surface area contributed by atoms with Crippen molar-refractivity contribution >= 4 is 34.9 Å². The molecule has 7 heteroatoms. The lowest BCUT2D eigenvalue weighted by molar-refractivity contribution is 0.0600. The molecule has 1 amide bonds. The number of halogens is 1. The number of carbonyl (C=O) groups is 2. The smallest absolute Gasteiger partial charge is 0.337 e. The maximum atomic E-state index is 12.4. The number of hydrogen-bond acceptors (Lipinski definition) is 5. The number of ether oxygens (including phenoxy) is 1. The molecule has 0 saturated carbocycles. The fraction of sp³-hybridized carbons (Fsp3) is 0.235. The summed E-state index contributed by atoms with van der Waals surface area (Å²) in [6, 6.07) is 6.43. The molecule has 0 spiro atoms. The molecular formula is C17H18ClN3O3. The molecule has 2 aromatic rings. The van der Waals surface area contributed by atoms with E-state index in [4.69, 9.17) is 11.6 Å². The molecular weight excluding hydrogens is 330 g/mol. The van der Waals surface area contributed by atoms with Gasteiger partial charge in [-0.25, -0.2) is 4.79 Å². The van der Waals surface area contributed by atoms with Gasteiger partial charge in [-0.2, -0.15) is 0 Å². The van der Waals surface area contributed by atoms with Gasteiger partial charge in [-0.15, -0.1) is 0 Å². The first-order valence-corrected chi connectivity index (χ1v) is 7.69. The van der Waals surface area contributed by atoms with Crippen molar-refractivity contribution in [2.45, 2.75) is 19.9 Å². The molecule has 0 bridgehead atoms. The standard InChI is InChI=1S/C17H18ClN3O3/c1-10(2)20-13-6-12(8-19-9-13)16(22)21-15-7-11(17(23)24-3)4-5-14(15)18/h4-10,20H,1-3H3,(H,21,22). The average molecular weight is 348 g/mol. The Bertz CT molecular complexity index is 762. The van der Waals surface area contributed by atoms with Gasteiger partial charge in [-0.3, -0.25) is 9.78 Å². The van der Waals surface area contributed by atoms with Gasteiger partial charge in [0.05, 0.1) is 34.6 Å². The van der Waals surface area contributed by atoms with Gasteiger partial charge in [0.25, 0.3) is 5.91 Å². The van der Waals surface area contributed by atoms with Crippen molar-refractivity contribution in [3.63, 3.8) is 0 Å². The van der Waals surface area contributed by atoms with Crippen LogP contribution in [0, 0.1) is 0 Å². The minimum Gasteiger partial charge on any atom is -0.465 e. The third-order valence-electron chi connectivity index (χ3n) is 3.09. The third kappa shape index (κ3) is 4.45. The molecule has 1 aromatic heterocycles. The minimum absolute atomic E-state index is 0.219. The van der Waals surface area contributed by atoms with Gasteiger partial charge in [0.15, 0.2) is 0 Å². The molecule has 1 aromatic carbocycles. The normalized spacial score (nSPS) is 10.4. The summed E-state index contributed by atoms with van der Waals surface area (Å²) in [5.41, 5.74) is 1.74. The van der Waals surface area contributed by atoms with E-state index in [-0.39, 0.29) is 11.9 Å². The zero-order valence-corrected chi connectivity index (χ0v) is 14.3. The van der Waals surface area contributed by atoms with Crippen LogP contribution in [0.3, 0.4) is 0 Å². The van der Waals surface area contributed by atoms with E-state index in [1.165, 1.54) is 31.5 Å². The number of rotatable bonds is 5. The van der Waals surface area contributed by atoms with Crippen LogP contribution in [-0.4, -0.2) is 30.0 Å². The van der Waals surface area contributed by atoms with Crippen LogP contribution in [0.2, 0.25) is 5.02 Å². The van der Waals surface area contributed by atoms with Crippen molar-refractivity contribution in [1.29, 1.82) is 0 Å². The number of hydrogen-bond donors (Lipinski definition) is 2. The number of carbonyl (C=O) groups excluding carboxylic acids is 2. The zero-order valence-electron chi connectivity index (χ0n) is 13.6. The lowest BCUT2D eigenvalue weighted by atomic mass is 10.2. The highest BCUT2D eigenvalue weighted by atomic mass is 35.5. The number of aromatic nitrogens is 1. The van der Waals surface area contributed by atoms with Crippen LogP contribution in [0.1, 0.15) is 34.6 Å². The quantitative estimate of drug-likeness (QED) is 0.808. The number of nitrogens with zero attached hydrogens (tertiary/aromatic N) is 1. The molecule has 0 unspecified atom stereocenters. The van der Waals surface area contributed by atoms with Crippen LogP contribution < -0.4 is 10.6 Å². The van der Waals surface area contributed by atoms with Gasteiger partial charge in [0.2, 0.25) is 0 Å². The van der Waals surface area contributed by atoms with E-state index in [2.05, 4.69) is 20.4 Å². The molecule has 0 fully saturated rings. The number of benzene rings is 1. The third-order valence-corrected chi connectivity index (χ3v) is 3.42. The van der Waals surface area contributed by atoms with E-state index >= 15 is 0 Å². The molecule has 0 aliphatic carbocycles. The summed E-state index contributed by atoms with van der Waals surface area (Å²) in [5.74, 6) is -0.884. The lowest BCUT2D eigenvalue weighted by Gasteiger charge is -2.12. The minimum atomic E-state index is -0.507. The number of anilines is 2. The SMILES string of the molecule is COC(=O)c1ccc(Cl)c(NC(=O)c2cncc(NC(C)C)c2)c1. The molecule has 0 radical (unpaired) electrons. The highest BCUT2D eigenvalue weighted by molar-refractivity contribution is 6.34. The number of pyridine rings is 1. The first-order valence-electron chi connectivity index (χ1n) is 7.31. The largest absolute Gasteiger partial charge is 0.465 e. The summed E-state index contributed by atoms with van der Waals surface area (Å²) in [6.07, 6.45) is 3.10. The summed E-state index contributed by atoms with van der Waals surface area (Å²) >= 11 is 6.08. The Morgan fingerprint density at radius 1 is 1.17 bits per heavy atom. The monoisotopic (exact) mass is 347 g/mol. The van der Waals surface area contributed by atoms with E-state index < -0.39 is 5.97 Å². The predicted molar refractivity (Wildman–Crippen MR) is 93.7 cm³/mol. The molecule has 0 aliphatic rings. The van der Waals surface area contributed by atoms with E-state index in [0.717, 1.165) is 5.69 Å². The average Bonchev–Trinajstić information content (AvgIpc) is 2.55. The Hall–Kier alpha value is -2.60. The highest BCUT2D eigenvalue weighted by Crippen LogP contribution is 2.24. The molecule has 24 heavy (non-hydrogen) atoms. The van der Waals surface area contributed by atoms with Crippen molar-refractivity contribution in [3.8, 4) is 0 Å². The first kappa shape index (κ1) is 17.7. The Kier molecular flexibility index (Phi) is 5.76. The molecule has 1 heterocycles. The predicted octanol–water partition coefficient (Wildman–Crippen LogP) is 3.59. The number of methoxy groups -OCH3 is 1. The highest BCUT2D eigenvalue weighted by Gasteiger charge is 2.13. The maximum Gasteiger partial charge on any atom is 0.337 e. The fourth-order valence-electron chi connectivity index (χ4n) is 2.04. The number of esters is 1. The molecule has 0 atom stereocenters. The van der Waals surface area contributed by atoms with Gasteiger partial charge in [0.1, 0.15) is 0 Å². The number of amides is 1. The van der Waals surface area contributed by atoms with Gasteiger partial charge in [-0.1, -0.05) is 11.6 Å². The van der Waals surface area contributed by atoms with E-state index in [1.54, 1.807) is 12.3 Å². The van der Waals surface area contributed by atoms with Crippen LogP contribution in [-0.2, 0) is 4.74 Å². The fourth-order valence-corrected chi connectivity index (χ4v) is 2.20. The summed E-state index contributed by atoms with van der Waals surface area (Å²) in [5, 5.41) is 6.18. The summed E-state index contributed by atoms with van der Waals surface area (Å²) in [4.78, 5) is 28.0. The second-order valence-electron chi connectivity index (χ2n) is 5.40. The van der Waals surface area contributed by atoms with Crippen LogP contribution in [0.5, 0.6) is 0 Å². The van der Waals surface area contributed by atoms with Crippen molar-refractivity contribution in [2.24, 2.45) is 0 Å². The topological polar surface area (TPSA) is 80.3 Å². The van der Waals surface area contributed by atoms with E-state index in [9.17, 15) is 9.59 Å². The molecule has 0 aliphatic heterocycles. The van der Waals surface area contributed by atoms with Crippen LogP contribution in [0.4, 0.5) is 11.4 Å². The van der Waals surface area contributed by atoms with Crippen LogP contribution >= 0.6 is 11.6 Å². The van der Waals surface area contributed by atoms with Crippen molar-refractivity contribution in [3.05, 3.63) is 52.8 Å². The Morgan fingerprint density at radius 2 is 1.92 bits per heavy atom. The lowest BCUT2D eigenvalue weighted by Crippen LogP contribution is -2.15. The number of nitrogens with one attached hydrogen (secondary N) is 2. The second kappa shape index (κ2) is 7.79. The summed E-state index contributed by atoms with van der Waals surface area (Å²) < 4.78 is 4.66. The molecule has 2 rings (SSSR count). The first-order chi connectivity index (χ1) is 11.4. The Morgan fingerprint density at radius 3 is 2.58 bits per heavy atom. The van der Waals surface area contributed by atoms with E-state index in [1.807, 2.05) is 13.8 Å². The second-order valence-corrected chi connectivity index (χ2v) is 5.81. The summed E-state index contributed by atoms with van der Waals surface area (Å²) in [6.45, 7) is 3.98. The van der Waals surface area contributed by atoms with E-state index in [0.29, 0.717) is 21.8 Å². The molecule has 6 nitrogen and oxygen atoms in total. The molecule has 126 valence electrons. The van der Waals surface area contributed by atoms with Crippen LogP contribution in [0.15, 0.2) is 36.7 Å². The van der Waals surface area contributed by atoms with Gasteiger partial charge in [-0.05, 0) is 38.1 Å². The Balaban J connectivity index is 2.22. The Labute approximate surface area is 145 Å². The van der Waals surface area contributed by atoms with Crippen molar-refractivity contribution in [1.82, 2.24) is 4.98 Å². The van der Waals surface area contributed by atoms with Crippen molar-refractivity contribution in [2.75, 3.05) is 17.7 Å². The molecule has 2 N–H and O–H groups in total. The van der Waals surface area contributed by atoms with Gasteiger partial charge in [0, 0.05) is 18.4 Å².